The minimum atomic E-state index is 0.0757. The van der Waals surface area contributed by atoms with Crippen molar-refractivity contribution in [3.8, 4) is 11.5 Å². The van der Waals surface area contributed by atoms with E-state index in [0.717, 1.165) is 17.9 Å². The number of hydrogen-bond acceptors (Lipinski definition) is 3. The minimum Gasteiger partial charge on any atom is -0.497 e. The molecule has 2 rings (SSSR count). The second-order valence-electron chi connectivity index (χ2n) is 5.28. The van der Waals surface area contributed by atoms with E-state index in [-0.39, 0.29) is 12.0 Å². The van der Waals surface area contributed by atoms with Gasteiger partial charge in [-0.15, -0.1) is 0 Å². The van der Waals surface area contributed by atoms with Crippen LogP contribution < -0.4 is 15.2 Å². The summed E-state index contributed by atoms with van der Waals surface area (Å²) < 4.78 is 10.4. The molecular formula is C18H23NO2. The predicted octanol–water partition coefficient (Wildman–Crippen LogP) is 3.38. The smallest absolute Gasteiger partial charge is 0.118 e. The molecule has 0 amide bonds. The first-order valence-corrected chi connectivity index (χ1v) is 7.16. The highest BCUT2D eigenvalue weighted by Crippen LogP contribution is 2.23. The molecule has 0 saturated heterocycles. The summed E-state index contributed by atoms with van der Waals surface area (Å²) in [6, 6.07) is 16.3. The molecule has 0 fully saturated rings. The summed E-state index contributed by atoms with van der Waals surface area (Å²) in [6.45, 7) is 2.16. The lowest BCUT2D eigenvalue weighted by atomic mass is 9.90. The molecule has 2 unspecified atom stereocenters. The molecule has 0 aliphatic rings. The highest BCUT2D eigenvalue weighted by atomic mass is 16.5. The Morgan fingerprint density at radius 3 is 1.81 bits per heavy atom. The topological polar surface area (TPSA) is 44.5 Å². The third-order valence-electron chi connectivity index (χ3n) is 3.91. The van der Waals surface area contributed by atoms with Crippen molar-refractivity contribution in [2.24, 2.45) is 5.73 Å². The van der Waals surface area contributed by atoms with Crippen LogP contribution in [0.4, 0.5) is 0 Å². The van der Waals surface area contributed by atoms with Crippen LogP contribution in [0.25, 0.3) is 0 Å². The number of hydrogen-bond donors (Lipinski definition) is 1. The summed E-state index contributed by atoms with van der Waals surface area (Å²) in [7, 11) is 3.35. The van der Waals surface area contributed by atoms with E-state index in [1.54, 1.807) is 14.2 Å². The molecule has 0 bridgehead atoms. The van der Waals surface area contributed by atoms with Gasteiger partial charge in [0.25, 0.3) is 0 Å². The number of benzene rings is 2. The van der Waals surface area contributed by atoms with E-state index in [1.807, 2.05) is 24.3 Å². The van der Waals surface area contributed by atoms with Gasteiger partial charge < -0.3 is 15.2 Å². The summed E-state index contributed by atoms with van der Waals surface area (Å²) in [5.41, 5.74) is 8.82. The Morgan fingerprint density at radius 2 is 1.33 bits per heavy atom. The lowest BCUT2D eigenvalue weighted by molar-refractivity contribution is 0.414. The zero-order chi connectivity index (χ0) is 15.2. The normalized spacial score (nSPS) is 13.5. The maximum absolute atomic E-state index is 6.36. The second kappa shape index (κ2) is 7.14. The first-order valence-electron chi connectivity index (χ1n) is 7.16. The van der Waals surface area contributed by atoms with Gasteiger partial charge in [0.2, 0.25) is 0 Å². The summed E-state index contributed by atoms with van der Waals surface area (Å²) in [5.74, 6) is 2.03. The summed E-state index contributed by atoms with van der Waals surface area (Å²) in [5, 5.41) is 0. The van der Waals surface area contributed by atoms with E-state index in [4.69, 9.17) is 15.2 Å². The Hall–Kier alpha value is -2.00. The minimum absolute atomic E-state index is 0.0757. The number of methoxy groups -OCH3 is 2. The van der Waals surface area contributed by atoms with Crippen molar-refractivity contribution in [3.63, 3.8) is 0 Å². The van der Waals surface area contributed by atoms with Crippen LogP contribution in [-0.2, 0) is 6.42 Å². The maximum atomic E-state index is 6.36. The van der Waals surface area contributed by atoms with E-state index in [9.17, 15) is 0 Å². The maximum Gasteiger partial charge on any atom is 0.118 e. The first-order chi connectivity index (χ1) is 10.1. The standard InChI is InChI=1S/C18H23NO2/c1-13(15-6-10-17(21-3)11-7-15)18(19)12-14-4-8-16(20-2)9-5-14/h4-11,13,18H,12,19H2,1-3H3. The molecule has 0 spiro atoms. The molecule has 2 atom stereocenters. The Kier molecular flexibility index (Phi) is 5.23. The van der Waals surface area contributed by atoms with Crippen LogP contribution in [0.1, 0.15) is 24.0 Å². The van der Waals surface area contributed by atoms with Gasteiger partial charge in [-0.2, -0.15) is 0 Å². The van der Waals surface area contributed by atoms with Crippen LogP contribution >= 0.6 is 0 Å². The Labute approximate surface area is 126 Å². The van der Waals surface area contributed by atoms with Gasteiger partial charge in [0, 0.05) is 6.04 Å². The monoisotopic (exact) mass is 285 g/mol. The van der Waals surface area contributed by atoms with Crippen LogP contribution in [-0.4, -0.2) is 20.3 Å². The molecule has 21 heavy (non-hydrogen) atoms. The zero-order valence-corrected chi connectivity index (χ0v) is 12.9. The summed E-state index contributed by atoms with van der Waals surface area (Å²) in [6.07, 6.45) is 0.844. The van der Waals surface area contributed by atoms with E-state index in [1.165, 1.54) is 11.1 Å². The molecule has 0 radical (unpaired) electrons. The number of nitrogens with two attached hydrogens (primary N) is 1. The first kappa shape index (κ1) is 15.4. The lowest BCUT2D eigenvalue weighted by Crippen LogP contribution is -2.29. The Bertz CT molecular complexity index is 548. The van der Waals surface area contributed by atoms with E-state index in [0.29, 0.717) is 0 Å². The van der Waals surface area contributed by atoms with Gasteiger partial charge in [-0.05, 0) is 47.7 Å². The fourth-order valence-corrected chi connectivity index (χ4v) is 2.37. The van der Waals surface area contributed by atoms with Crippen molar-refractivity contribution in [1.29, 1.82) is 0 Å². The molecule has 0 aliphatic heterocycles. The average molecular weight is 285 g/mol. The van der Waals surface area contributed by atoms with Crippen molar-refractivity contribution < 1.29 is 9.47 Å². The molecular weight excluding hydrogens is 262 g/mol. The fraction of sp³-hybridized carbons (Fsp3) is 0.333. The Balaban J connectivity index is 2.01. The van der Waals surface area contributed by atoms with Crippen LogP contribution in [0.5, 0.6) is 11.5 Å². The largest absolute Gasteiger partial charge is 0.497 e. The Morgan fingerprint density at radius 1 is 0.857 bits per heavy atom. The molecule has 2 aromatic rings. The molecule has 2 N–H and O–H groups in total. The SMILES string of the molecule is COc1ccc(CC(N)C(C)c2ccc(OC)cc2)cc1. The van der Waals surface area contributed by atoms with Crippen LogP contribution in [0.2, 0.25) is 0 Å². The fourth-order valence-electron chi connectivity index (χ4n) is 2.37. The van der Waals surface area contributed by atoms with E-state index in [2.05, 4.69) is 31.2 Å². The van der Waals surface area contributed by atoms with Gasteiger partial charge in [0.05, 0.1) is 14.2 Å². The summed E-state index contributed by atoms with van der Waals surface area (Å²) in [4.78, 5) is 0. The van der Waals surface area contributed by atoms with Crippen LogP contribution in [0.3, 0.4) is 0 Å². The van der Waals surface area contributed by atoms with Crippen LogP contribution in [0.15, 0.2) is 48.5 Å². The molecule has 112 valence electrons. The average Bonchev–Trinajstić information content (AvgIpc) is 2.55. The molecule has 3 heteroatoms. The van der Waals surface area contributed by atoms with Gasteiger partial charge in [-0.25, -0.2) is 0 Å². The van der Waals surface area contributed by atoms with Crippen LogP contribution in [0, 0.1) is 0 Å². The zero-order valence-electron chi connectivity index (χ0n) is 12.9. The highest BCUT2D eigenvalue weighted by Gasteiger charge is 2.15. The molecule has 0 heterocycles. The molecule has 0 aliphatic carbocycles. The quantitative estimate of drug-likeness (QED) is 0.885. The van der Waals surface area contributed by atoms with Gasteiger partial charge in [-0.1, -0.05) is 31.2 Å². The second-order valence-corrected chi connectivity index (χ2v) is 5.28. The van der Waals surface area contributed by atoms with Gasteiger partial charge in [0.15, 0.2) is 0 Å². The van der Waals surface area contributed by atoms with Crippen molar-refractivity contribution in [1.82, 2.24) is 0 Å². The van der Waals surface area contributed by atoms with Crippen molar-refractivity contribution >= 4 is 0 Å². The third kappa shape index (κ3) is 3.99. The molecule has 2 aromatic carbocycles. The molecule has 0 aromatic heterocycles. The lowest BCUT2D eigenvalue weighted by Gasteiger charge is -2.21. The third-order valence-corrected chi connectivity index (χ3v) is 3.91. The van der Waals surface area contributed by atoms with E-state index < -0.39 is 0 Å². The van der Waals surface area contributed by atoms with E-state index >= 15 is 0 Å². The molecule has 3 nitrogen and oxygen atoms in total. The van der Waals surface area contributed by atoms with Crippen molar-refractivity contribution in [2.75, 3.05) is 14.2 Å². The molecule has 0 saturated carbocycles. The predicted molar refractivity (Wildman–Crippen MR) is 86.1 cm³/mol. The van der Waals surface area contributed by atoms with Gasteiger partial charge >= 0.3 is 0 Å². The van der Waals surface area contributed by atoms with Gasteiger partial charge in [0.1, 0.15) is 11.5 Å². The summed E-state index contributed by atoms with van der Waals surface area (Å²) >= 11 is 0. The van der Waals surface area contributed by atoms with Crippen molar-refractivity contribution in [2.45, 2.75) is 25.3 Å². The van der Waals surface area contributed by atoms with Crippen molar-refractivity contribution in [3.05, 3.63) is 59.7 Å². The van der Waals surface area contributed by atoms with Gasteiger partial charge in [-0.3, -0.25) is 0 Å². The number of ether oxygens (including phenoxy) is 2. The number of rotatable bonds is 6. The highest BCUT2D eigenvalue weighted by molar-refractivity contribution is 5.31.